The number of methoxy groups -OCH3 is 2. The molecule has 2 saturated heterocycles. The number of rotatable bonds is 8. The number of aromatic hydroxyl groups is 1. The van der Waals surface area contributed by atoms with E-state index in [1.54, 1.807) is 24.3 Å². The standard InChI is InChI=1S/C29H34O15/c1-11-20(31)23(34)25(36)28(41-11)40-10-18-21(32)24(35)26(37)29(44-18)43-17-9-16-19(22(33)27(17)39-3)14(30)8-15(42-16)12-4-6-13(38-2)7-5-12/h4-9,11,18,20-21,23-26,28-29,31-37H,10H2,1-3H3/t11-,18+,20+,21-,23+,24+,25+,26+,28+,29+/m0/s1. The Hall–Kier alpha value is -3.51. The Morgan fingerprint density at radius 1 is 0.795 bits per heavy atom. The van der Waals surface area contributed by atoms with Gasteiger partial charge >= 0.3 is 0 Å². The molecule has 0 unspecified atom stereocenters. The molecule has 0 amide bonds. The molecule has 0 spiro atoms. The second-order valence-electron chi connectivity index (χ2n) is 10.5. The quantitative estimate of drug-likeness (QED) is 0.163. The summed E-state index contributed by atoms with van der Waals surface area (Å²) in [5.74, 6) is -0.391. The van der Waals surface area contributed by atoms with Gasteiger partial charge in [-0.2, -0.15) is 0 Å². The Labute approximate surface area is 249 Å². The monoisotopic (exact) mass is 622 g/mol. The predicted molar refractivity (Wildman–Crippen MR) is 148 cm³/mol. The summed E-state index contributed by atoms with van der Waals surface area (Å²) < 4.78 is 38.7. The number of benzene rings is 2. The van der Waals surface area contributed by atoms with Crippen molar-refractivity contribution in [1.29, 1.82) is 0 Å². The molecule has 5 rings (SSSR count). The Balaban J connectivity index is 1.41. The largest absolute Gasteiger partial charge is 0.504 e. The van der Waals surface area contributed by atoms with Crippen LogP contribution in [-0.2, 0) is 14.2 Å². The molecular weight excluding hydrogens is 588 g/mol. The summed E-state index contributed by atoms with van der Waals surface area (Å²) in [6.07, 6.45) is -15.2. The van der Waals surface area contributed by atoms with Crippen LogP contribution < -0.4 is 19.6 Å². The molecule has 15 nitrogen and oxygen atoms in total. The van der Waals surface area contributed by atoms with Crippen molar-refractivity contribution < 1.29 is 68.6 Å². The van der Waals surface area contributed by atoms with Gasteiger partial charge in [0.1, 0.15) is 65.2 Å². The number of phenols is 1. The molecule has 44 heavy (non-hydrogen) atoms. The van der Waals surface area contributed by atoms with Crippen LogP contribution in [0.4, 0.5) is 0 Å². The Morgan fingerprint density at radius 3 is 2.11 bits per heavy atom. The van der Waals surface area contributed by atoms with E-state index in [0.717, 1.165) is 0 Å². The minimum Gasteiger partial charge on any atom is -0.504 e. The van der Waals surface area contributed by atoms with Gasteiger partial charge in [-0.15, -0.1) is 0 Å². The van der Waals surface area contributed by atoms with Crippen LogP contribution in [0.5, 0.6) is 23.0 Å². The van der Waals surface area contributed by atoms with Crippen molar-refractivity contribution in [2.24, 2.45) is 0 Å². The van der Waals surface area contributed by atoms with Gasteiger partial charge in [-0.3, -0.25) is 4.79 Å². The molecule has 10 atom stereocenters. The van der Waals surface area contributed by atoms with Gasteiger partial charge < -0.3 is 68.6 Å². The predicted octanol–water partition coefficient (Wildman–Crippen LogP) is -0.787. The maximum atomic E-state index is 13.0. The minimum atomic E-state index is -1.81. The number of ether oxygens (including phenoxy) is 6. The molecule has 3 aromatic rings. The van der Waals surface area contributed by atoms with E-state index in [-0.39, 0.29) is 28.2 Å². The summed E-state index contributed by atoms with van der Waals surface area (Å²) in [5.41, 5.74) is -0.138. The summed E-state index contributed by atoms with van der Waals surface area (Å²) in [4.78, 5) is 13.0. The SMILES string of the molecule is COc1ccc(-c2cc(=O)c3c(O)c(OC)c(O[C@@H]4O[C@H](CO[C@@H]5O[C@@H](C)[C@@H](O)[C@@H](O)[C@H]5O)[C@H](O)[C@@H](O)[C@H]4O)cc3o2)cc1. The topological polar surface area (TPSA) is 227 Å². The van der Waals surface area contributed by atoms with Crippen LogP contribution in [0, 0.1) is 0 Å². The summed E-state index contributed by atoms with van der Waals surface area (Å²) in [5, 5.41) is 72.6. The van der Waals surface area contributed by atoms with E-state index in [9.17, 15) is 40.5 Å². The van der Waals surface area contributed by atoms with E-state index in [1.165, 1.54) is 33.3 Å². The number of hydrogen-bond donors (Lipinski definition) is 7. The fourth-order valence-electron chi connectivity index (χ4n) is 5.06. The normalized spacial score (nSPS) is 32.4. The molecule has 2 fully saturated rings. The smallest absolute Gasteiger partial charge is 0.229 e. The van der Waals surface area contributed by atoms with Crippen molar-refractivity contribution in [3.05, 3.63) is 46.6 Å². The molecule has 1 aromatic heterocycles. The third kappa shape index (κ3) is 5.93. The number of hydrogen-bond acceptors (Lipinski definition) is 15. The minimum absolute atomic E-state index is 0.0966. The first kappa shape index (κ1) is 31.9. The summed E-state index contributed by atoms with van der Waals surface area (Å²) in [6, 6.07) is 9.13. The average molecular weight is 623 g/mol. The molecule has 0 radical (unpaired) electrons. The lowest BCUT2D eigenvalue weighted by Crippen LogP contribution is -2.61. The average Bonchev–Trinajstić information content (AvgIpc) is 3.01. The van der Waals surface area contributed by atoms with E-state index in [4.69, 9.17) is 32.8 Å². The fraction of sp³-hybridized carbons (Fsp3) is 0.483. The maximum absolute atomic E-state index is 13.0. The van der Waals surface area contributed by atoms with Gasteiger partial charge in [-0.05, 0) is 31.2 Å². The highest BCUT2D eigenvalue weighted by Gasteiger charge is 2.47. The van der Waals surface area contributed by atoms with Crippen molar-refractivity contribution >= 4 is 11.0 Å². The molecule has 7 N–H and O–H groups in total. The van der Waals surface area contributed by atoms with E-state index in [2.05, 4.69) is 0 Å². The third-order valence-corrected chi connectivity index (χ3v) is 7.64. The van der Waals surface area contributed by atoms with Gasteiger partial charge in [0.25, 0.3) is 0 Å². The maximum Gasteiger partial charge on any atom is 0.229 e. The summed E-state index contributed by atoms with van der Waals surface area (Å²) >= 11 is 0. The van der Waals surface area contributed by atoms with E-state index >= 15 is 0 Å². The highest BCUT2D eigenvalue weighted by atomic mass is 16.7. The van der Waals surface area contributed by atoms with Crippen LogP contribution in [0.3, 0.4) is 0 Å². The Kier molecular flexibility index (Phi) is 9.31. The second kappa shape index (κ2) is 12.8. The number of phenolic OH excluding ortho intramolecular Hbond substituents is 1. The third-order valence-electron chi connectivity index (χ3n) is 7.64. The Bertz CT molecular complexity index is 1510. The van der Waals surface area contributed by atoms with Crippen molar-refractivity contribution in [2.75, 3.05) is 20.8 Å². The molecule has 0 saturated carbocycles. The van der Waals surface area contributed by atoms with Gasteiger partial charge in [-0.25, -0.2) is 0 Å². The summed E-state index contributed by atoms with van der Waals surface area (Å²) in [6.45, 7) is 0.947. The molecule has 15 heteroatoms. The Morgan fingerprint density at radius 2 is 1.45 bits per heavy atom. The molecule has 0 aliphatic carbocycles. The van der Waals surface area contributed by atoms with Gasteiger partial charge in [0.15, 0.2) is 23.2 Å². The fourth-order valence-corrected chi connectivity index (χ4v) is 5.06. The van der Waals surface area contributed by atoms with Gasteiger partial charge in [0.05, 0.1) is 26.9 Å². The number of aliphatic hydroxyl groups excluding tert-OH is 6. The van der Waals surface area contributed by atoms with E-state index in [1.807, 2.05) is 0 Å². The van der Waals surface area contributed by atoms with Gasteiger partial charge in [0, 0.05) is 17.7 Å². The van der Waals surface area contributed by atoms with Crippen LogP contribution in [0.15, 0.2) is 45.6 Å². The number of fused-ring (bicyclic) bond motifs is 1. The molecule has 0 bridgehead atoms. The molecular formula is C29H34O15. The van der Waals surface area contributed by atoms with Gasteiger partial charge in [-0.1, -0.05) is 0 Å². The molecule has 2 aromatic carbocycles. The van der Waals surface area contributed by atoms with Crippen molar-refractivity contribution in [3.63, 3.8) is 0 Å². The van der Waals surface area contributed by atoms with E-state index in [0.29, 0.717) is 11.3 Å². The lowest BCUT2D eigenvalue weighted by Gasteiger charge is -2.42. The highest BCUT2D eigenvalue weighted by molar-refractivity contribution is 5.89. The lowest BCUT2D eigenvalue weighted by molar-refractivity contribution is -0.318. The van der Waals surface area contributed by atoms with Crippen molar-refractivity contribution in [1.82, 2.24) is 0 Å². The lowest BCUT2D eigenvalue weighted by atomic mass is 9.98. The number of aliphatic hydroxyl groups is 6. The zero-order valence-corrected chi connectivity index (χ0v) is 23.8. The highest BCUT2D eigenvalue weighted by Crippen LogP contribution is 2.43. The first-order valence-corrected chi connectivity index (χ1v) is 13.6. The zero-order chi connectivity index (χ0) is 31.9. The molecule has 3 heterocycles. The molecule has 240 valence electrons. The zero-order valence-electron chi connectivity index (χ0n) is 23.8. The van der Waals surface area contributed by atoms with Crippen LogP contribution in [-0.4, -0.2) is 118 Å². The van der Waals surface area contributed by atoms with Gasteiger partial charge in [0.2, 0.25) is 12.0 Å². The van der Waals surface area contributed by atoms with Crippen LogP contribution in [0.1, 0.15) is 6.92 Å². The molecule has 2 aliphatic heterocycles. The first-order valence-electron chi connectivity index (χ1n) is 13.6. The van der Waals surface area contributed by atoms with E-state index < -0.39 is 79.2 Å². The van der Waals surface area contributed by atoms with Crippen LogP contribution in [0.25, 0.3) is 22.3 Å². The van der Waals surface area contributed by atoms with Crippen molar-refractivity contribution in [2.45, 2.75) is 68.3 Å². The van der Waals surface area contributed by atoms with Crippen LogP contribution in [0.2, 0.25) is 0 Å². The summed E-state index contributed by atoms with van der Waals surface area (Å²) in [7, 11) is 2.72. The second-order valence-corrected chi connectivity index (χ2v) is 10.5. The van der Waals surface area contributed by atoms with Crippen LogP contribution >= 0.6 is 0 Å². The molecule has 2 aliphatic rings. The van der Waals surface area contributed by atoms with Crippen molar-refractivity contribution in [3.8, 4) is 34.3 Å². The first-order chi connectivity index (χ1) is 20.9.